The minimum Gasteiger partial charge on any atom is -0.466 e. The van der Waals surface area contributed by atoms with Crippen molar-refractivity contribution >= 4 is 35.9 Å². The SMILES string of the molecule is CCOC(=O)CCCN=C(N)NC(C)CCCC(C)C.I. The molecule has 0 amide bonds. The van der Waals surface area contributed by atoms with E-state index in [0.717, 1.165) is 12.3 Å². The van der Waals surface area contributed by atoms with Gasteiger partial charge in [-0.05, 0) is 32.6 Å². The van der Waals surface area contributed by atoms with Crippen LogP contribution in [0.3, 0.4) is 0 Å². The van der Waals surface area contributed by atoms with Crippen molar-refractivity contribution in [3.05, 3.63) is 0 Å². The van der Waals surface area contributed by atoms with E-state index in [2.05, 4.69) is 31.1 Å². The Morgan fingerprint density at radius 1 is 1.24 bits per heavy atom. The Bertz CT molecular complexity index is 297. The Hall–Kier alpha value is -0.530. The Kier molecular flexibility index (Phi) is 15.6. The molecule has 0 fully saturated rings. The summed E-state index contributed by atoms with van der Waals surface area (Å²) >= 11 is 0. The number of nitrogens with one attached hydrogen (secondary N) is 1. The molecule has 1 atom stereocenters. The van der Waals surface area contributed by atoms with Crippen molar-refractivity contribution in [1.82, 2.24) is 5.32 Å². The number of aliphatic imine (C=N–C) groups is 1. The fraction of sp³-hybridized carbons (Fsp3) is 0.867. The van der Waals surface area contributed by atoms with Gasteiger partial charge in [-0.1, -0.05) is 26.7 Å². The molecule has 0 saturated heterocycles. The number of carbonyl (C=O) groups excluding carboxylic acids is 1. The number of rotatable bonds is 10. The summed E-state index contributed by atoms with van der Waals surface area (Å²) in [7, 11) is 0. The molecule has 5 nitrogen and oxygen atoms in total. The molecule has 0 aliphatic heterocycles. The maximum absolute atomic E-state index is 11.1. The summed E-state index contributed by atoms with van der Waals surface area (Å²) in [5.41, 5.74) is 5.80. The first-order valence-corrected chi connectivity index (χ1v) is 7.67. The Morgan fingerprint density at radius 2 is 1.90 bits per heavy atom. The van der Waals surface area contributed by atoms with Gasteiger partial charge in [-0.2, -0.15) is 0 Å². The van der Waals surface area contributed by atoms with Gasteiger partial charge in [-0.3, -0.25) is 9.79 Å². The van der Waals surface area contributed by atoms with Gasteiger partial charge < -0.3 is 15.8 Å². The number of nitrogens with two attached hydrogens (primary N) is 1. The number of halogens is 1. The van der Waals surface area contributed by atoms with Crippen LogP contribution in [0.15, 0.2) is 4.99 Å². The van der Waals surface area contributed by atoms with Gasteiger partial charge >= 0.3 is 5.97 Å². The zero-order valence-corrected chi connectivity index (χ0v) is 16.2. The van der Waals surface area contributed by atoms with Gasteiger partial charge in [-0.25, -0.2) is 0 Å². The third-order valence-corrected chi connectivity index (χ3v) is 2.94. The van der Waals surface area contributed by atoms with E-state index < -0.39 is 0 Å². The van der Waals surface area contributed by atoms with Crippen molar-refractivity contribution in [1.29, 1.82) is 0 Å². The third-order valence-electron chi connectivity index (χ3n) is 2.94. The van der Waals surface area contributed by atoms with Crippen LogP contribution < -0.4 is 11.1 Å². The minimum atomic E-state index is -0.170. The normalized spacial score (nSPS) is 12.7. The maximum Gasteiger partial charge on any atom is 0.305 e. The second-order valence-electron chi connectivity index (χ2n) is 5.55. The number of guanidine groups is 1. The smallest absolute Gasteiger partial charge is 0.305 e. The lowest BCUT2D eigenvalue weighted by Gasteiger charge is -2.15. The molecule has 0 aromatic carbocycles. The second kappa shape index (κ2) is 14.4. The Balaban J connectivity index is 0. The predicted molar refractivity (Wildman–Crippen MR) is 99.1 cm³/mol. The average molecular weight is 413 g/mol. The molecule has 0 aromatic heterocycles. The molecule has 126 valence electrons. The van der Waals surface area contributed by atoms with Gasteiger partial charge in [-0.15, -0.1) is 24.0 Å². The average Bonchev–Trinajstić information content (AvgIpc) is 2.34. The van der Waals surface area contributed by atoms with E-state index >= 15 is 0 Å². The highest BCUT2D eigenvalue weighted by Crippen LogP contribution is 2.07. The molecule has 0 aliphatic carbocycles. The van der Waals surface area contributed by atoms with E-state index in [0.29, 0.717) is 38.0 Å². The summed E-state index contributed by atoms with van der Waals surface area (Å²) < 4.78 is 4.84. The summed E-state index contributed by atoms with van der Waals surface area (Å²) in [4.78, 5) is 15.3. The van der Waals surface area contributed by atoms with Crippen molar-refractivity contribution in [3.8, 4) is 0 Å². The van der Waals surface area contributed by atoms with Crippen LogP contribution in [0.4, 0.5) is 0 Å². The highest BCUT2D eigenvalue weighted by molar-refractivity contribution is 14.0. The van der Waals surface area contributed by atoms with E-state index in [1.807, 2.05) is 0 Å². The van der Waals surface area contributed by atoms with Crippen molar-refractivity contribution in [3.63, 3.8) is 0 Å². The Labute approximate surface area is 146 Å². The molecular weight excluding hydrogens is 381 g/mol. The molecule has 0 aromatic rings. The molecular formula is C15H32IN3O2. The topological polar surface area (TPSA) is 76.7 Å². The first-order valence-electron chi connectivity index (χ1n) is 7.67. The van der Waals surface area contributed by atoms with Crippen LogP contribution >= 0.6 is 24.0 Å². The van der Waals surface area contributed by atoms with Crippen LogP contribution in [0, 0.1) is 5.92 Å². The summed E-state index contributed by atoms with van der Waals surface area (Å²) in [6, 6.07) is 0.336. The van der Waals surface area contributed by atoms with Crippen LogP contribution in [0.1, 0.15) is 59.8 Å². The van der Waals surface area contributed by atoms with Crippen LogP contribution in [0.25, 0.3) is 0 Å². The molecule has 0 rings (SSSR count). The molecule has 21 heavy (non-hydrogen) atoms. The van der Waals surface area contributed by atoms with Gasteiger partial charge in [0.1, 0.15) is 0 Å². The highest BCUT2D eigenvalue weighted by atomic mass is 127. The molecule has 0 bridgehead atoms. The summed E-state index contributed by atoms with van der Waals surface area (Å²) in [5, 5.41) is 3.18. The maximum atomic E-state index is 11.1. The van der Waals surface area contributed by atoms with E-state index in [-0.39, 0.29) is 29.9 Å². The number of hydrogen-bond acceptors (Lipinski definition) is 3. The lowest BCUT2D eigenvalue weighted by molar-refractivity contribution is -0.143. The van der Waals surface area contributed by atoms with E-state index in [1.165, 1.54) is 12.8 Å². The lowest BCUT2D eigenvalue weighted by atomic mass is 10.0. The molecule has 3 N–H and O–H groups in total. The number of nitrogens with zero attached hydrogens (tertiary/aromatic N) is 1. The van der Waals surface area contributed by atoms with E-state index in [1.54, 1.807) is 6.92 Å². The van der Waals surface area contributed by atoms with Crippen LogP contribution in [0.5, 0.6) is 0 Å². The second-order valence-corrected chi connectivity index (χ2v) is 5.55. The molecule has 0 spiro atoms. The summed E-state index contributed by atoms with van der Waals surface area (Å²) in [6.45, 7) is 9.37. The molecule has 0 heterocycles. The van der Waals surface area contributed by atoms with Gasteiger partial charge in [0.2, 0.25) is 0 Å². The van der Waals surface area contributed by atoms with Crippen molar-refractivity contribution < 1.29 is 9.53 Å². The molecule has 1 unspecified atom stereocenters. The summed E-state index contributed by atoms with van der Waals surface area (Å²) in [5.74, 6) is 1.04. The van der Waals surface area contributed by atoms with Gasteiger partial charge in [0.25, 0.3) is 0 Å². The summed E-state index contributed by atoms with van der Waals surface area (Å²) in [6.07, 6.45) is 4.60. The van der Waals surface area contributed by atoms with Crippen molar-refractivity contribution in [2.75, 3.05) is 13.2 Å². The standard InChI is InChI=1S/C15H31N3O2.HI/c1-5-20-14(19)10-7-11-17-15(16)18-13(4)9-6-8-12(2)3;/h12-13H,5-11H2,1-4H3,(H3,16,17,18);1H. The first-order chi connectivity index (χ1) is 9.45. The van der Waals surface area contributed by atoms with Crippen LogP contribution in [0.2, 0.25) is 0 Å². The lowest BCUT2D eigenvalue weighted by Crippen LogP contribution is -2.38. The number of ether oxygens (including phenoxy) is 1. The van der Waals surface area contributed by atoms with Crippen molar-refractivity contribution in [2.24, 2.45) is 16.6 Å². The third kappa shape index (κ3) is 15.7. The molecule has 0 aliphatic rings. The first kappa shape index (κ1) is 22.7. The zero-order valence-electron chi connectivity index (χ0n) is 13.9. The Morgan fingerprint density at radius 3 is 2.48 bits per heavy atom. The quantitative estimate of drug-likeness (QED) is 0.190. The predicted octanol–water partition coefficient (Wildman–Crippen LogP) is 3.07. The fourth-order valence-electron chi connectivity index (χ4n) is 1.86. The fourth-order valence-corrected chi connectivity index (χ4v) is 1.86. The number of hydrogen-bond donors (Lipinski definition) is 2. The minimum absolute atomic E-state index is 0. The molecule has 6 heteroatoms. The van der Waals surface area contributed by atoms with Crippen LogP contribution in [-0.2, 0) is 9.53 Å². The van der Waals surface area contributed by atoms with Crippen molar-refractivity contribution in [2.45, 2.75) is 65.8 Å². The van der Waals surface area contributed by atoms with Gasteiger partial charge in [0.15, 0.2) is 5.96 Å². The van der Waals surface area contributed by atoms with Gasteiger partial charge in [0, 0.05) is 19.0 Å². The van der Waals surface area contributed by atoms with E-state index in [9.17, 15) is 4.79 Å². The largest absolute Gasteiger partial charge is 0.466 e. The highest BCUT2D eigenvalue weighted by Gasteiger charge is 2.04. The van der Waals surface area contributed by atoms with E-state index in [4.69, 9.17) is 10.5 Å². The number of carbonyl (C=O) groups is 1. The number of esters is 1. The monoisotopic (exact) mass is 413 g/mol. The van der Waals surface area contributed by atoms with Gasteiger partial charge in [0.05, 0.1) is 6.61 Å². The molecule has 0 radical (unpaired) electrons. The molecule has 0 saturated carbocycles. The zero-order chi connectivity index (χ0) is 15.4. The van der Waals surface area contributed by atoms with Crippen LogP contribution in [-0.4, -0.2) is 31.1 Å².